The zero-order valence-electron chi connectivity index (χ0n) is 13.8. The van der Waals surface area contributed by atoms with Crippen molar-refractivity contribution in [3.05, 3.63) is 58.2 Å². The highest BCUT2D eigenvalue weighted by Crippen LogP contribution is 2.26. The van der Waals surface area contributed by atoms with Gasteiger partial charge < -0.3 is 11.1 Å². The number of aryl methyl sites for hydroxylation is 1. The first-order valence-corrected chi connectivity index (χ1v) is 7.64. The van der Waals surface area contributed by atoms with Gasteiger partial charge in [-0.3, -0.25) is 15.2 Å². The number of nitrogen functional groups attached to an aromatic ring is 1. The molecule has 0 aliphatic heterocycles. The van der Waals surface area contributed by atoms with Crippen LogP contribution in [0.1, 0.15) is 22.4 Å². The number of carbonyl (C=O) groups is 1. The first-order valence-electron chi connectivity index (χ1n) is 7.26. The molecule has 0 unspecified atom stereocenters. The fourth-order valence-corrected chi connectivity index (χ4v) is 2.35. The standard InChI is InChI=1S/C17H14ClF3N4O/c1-7-12(20)6-24-8(2)16(7)25-13(26)4-3-9-11(19)5-10(17(18)23)15(22)14(9)21/h3-6,23H,22H2,1-2H3,(H,25,26)/b4-3+,23-17?. The van der Waals surface area contributed by atoms with E-state index in [1.165, 1.54) is 6.92 Å². The second kappa shape index (κ2) is 7.57. The van der Waals surface area contributed by atoms with E-state index in [-0.39, 0.29) is 16.8 Å². The highest BCUT2D eigenvalue weighted by atomic mass is 35.5. The monoisotopic (exact) mass is 382 g/mol. The molecule has 136 valence electrons. The maximum Gasteiger partial charge on any atom is 0.248 e. The van der Waals surface area contributed by atoms with Crippen LogP contribution in [0.4, 0.5) is 24.5 Å². The molecule has 0 atom stereocenters. The summed E-state index contributed by atoms with van der Waals surface area (Å²) in [4.78, 5) is 15.8. The van der Waals surface area contributed by atoms with Crippen molar-refractivity contribution >= 4 is 40.1 Å². The van der Waals surface area contributed by atoms with Gasteiger partial charge in [0, 0.05) is 22.8 Å². The van der Waals surface area contributed by atoms with E-state index in [1.807, 2.05) is 0 Å². The van der Waals surface area contributed by atoms with Crippen LogP contribution in [-0.2, 0) is 4.79 Å². The van der Waals surface area contributed by atoms with Crippen LogP contribution in [0.15, 0.2) is 18.3 Å². The SMILES string of the molecule is Cc1ncc(F)c(C)c1NC(=O)/C=C/c1c(F)cc(C(=N)Cl)c(N)c1F. The Hall–Kier alpha value is -2.87. The van der Waals surface area contributed by atoms with Gasteiger partial charge in [-0.25, -0.2) is 13.2 Å². The average molecular weight is 383 g/mol. The summed E-state index contributed by atoms with van der Waals surface area (Å²) < 4.78 is 41.7. The Labute approximate surface area is 152 Å². The summed E-state index contributed by atoms with van der Waals surface area (Å²) in [7, 11) is 0. The quantitative estimate of drug-likeness (QED) is 0.425. The molecule has 0 fully saturated rings. The number of benzene rings is 1. The van der Waals surface area contributed by atoms with Crippen molar-refractivity contribution in [2.24, 2.45) is 0 Å². The summed E-state index contributed by atoms with van der Waals surface area (Å²) >= 11 is 5.42. The number of rotatable bonds is 4. The second-order valence-corrected chi connectivity index (χ2v) is 5.75. The van der Waals surface area contributed by atoms with E-state index in [0.717, 1.165) is 24.4 Å². The van der Waals surface area contributed by atoms with E-state index in [4.69, 9.17) is 22.7 Å². The van der Waals surface area contributed by atoms with Crippen LogP contribution >= 0.6 is 11.6 Å². The van der Waals surface area contributed by atoms with E-state index in [0.29, 0.717) is 5.69 Å². The third kappa shape index (κ3) is 3.85. The summed E-state index contributed by atoms with van der Waals surface area (Å²) in [6.07, 6.45) is 2.78. The van der Waals surface area contributed by atoms with Crippen molar-refractivity contribution in [3.63, 3.8) is 0 Å². The molecular weight excluding hydrogens is 369 g/mol. The molecule has 0 aliphatic rings. The Bertz CT molecular complexity index is 944. The Morgan fingerprint density at radius 3 is 2.58 bits per heavy atom. The number of anilines is 2. The summed E-state index contributed by atoms with van der Waals surface area (Å²) in [6.45, 7) is 3.04. The van der Waals surface area contributed by atoms with Crippen molar-refractivity contribution in [3.8, 4) is 0 Å². The van der Waals surface area contributed by atoms with Crippen LogP contribution in [0.5, 0.6) is 0 Å². The molecule has 0 bridgehead atoms. The minimum atomic E-state index is -1.14. The van der Waals surface area contributed by atoms with Gasteiger partial charge in [0.1, 0.15) is 16.8 Å². The normalized spacial score (nSPS) is 11.0. The summed E-state index contributed by atoms with van der Waals surface area (Å²) in [5, 5.41) is 9.03. The van der Waals surface area contributed by atoms with Gasteiger partial charge in [0.2, 0.25) is 5.91 Å². The van der Waals surface area contributed by atoms with E-state index in [1.54, 1.807) is 6.92 Å². The number of halogens is 4. The number of nitrogens with one attached hydrogen (secondary N) is 2. The van der Waals surface area contributed by atoms with Crippen LogP contribution in [0, 0.1) is 36.7 Å². The van der Waals surface area contributed by atoms with Crippen molar-refractivity contribution in [1.82, 2.24) is 4.98 Å². The number of aromatic nitrogens is 1. The molecule has 1 heterocycles. The Morgan fingerprint density at radius 1 is 1.31 bits per heavy atom. The molecule has 0 radical (unpaired) electrons. The third-order valence-electron chi connectivity index (χ3n) is 3.64. The minimum Gasteiger partial charge on any atom is -0.396 e. The van der Waals surface area contributed by atoms with Gasteiger partial charge in [0.25, 0.3) is 0 Å². The number of amides is 1. The zero-order chi connectivity index (χ0) is 19.6. The lowest BCUT2D eigenvalue weighted by atomic mass is 10.1. The summed E-state index contributed by atoms with van der Waals surface area (Å²) in [5.41, 5.74) is 4.87. The molecule has 26 heavy (non-hydrogen) atoms. The predicted octanol–water partition coefficient (Wildman–Crippen LogP) is 3.91. The van der Waals surface area contributed by atoms with Crippen LogP contribution in [0.3, 0.4) is 0 Å². The highest BCUT2D eigenvalue weighted by molar-refractivity contribution is 6.69. The minimum absolute atomic E-state index is 0.172. The van der Waals surface area contributed by atoms with Crippen molar-refractivity contribution in [2.75, 3.05) is 11.1 Å². The Morgan fingerprint density at radius 2 is 1.96 bits per heavy atom. The van der Waals surface area contributed by atoms with Gasteiger partial charge in [-0.05, 0) is 26.0 Å². The number of hydrogen-bond donors (Lipinski definition) is 3. The van der Waals surface area contributed by atoms with Crippen LogP contribution < -0.4 is 11.1 Å². The summed E-state index contributed by atoms with van der Waals surface area (Å²) in [6, 6.07) is 0.802. The molecule has 1 aromatic carbocycles. The maximum atomic E-state index is 14.2. The largest absolute Gasteiger partial charge is 0.396 e. The number of hydrogen-bond acceptors (Lipinski definition) is 4. The van der Waals surface area contributed by atoms with Gasteiger partial charge in [-0.2, -0.15) is 0 Å². The molecule has 1 amide bonds. The fourth-order valence-electron chi connectivity index (χ4n) is 2.20. The maximum absolute atomic E-state index is 14.2. The van der Waals surface area contributed by atoms with E-state index in [9.17, 15) is 18.0 Å². The molecule has 0 aliphatic carbocycles. The molecule has 4 N–H and O–H groups in total. The van der Waals surface area contributed by atoms with Gasteiger partial charge in [0.05, 0.1) is 23.3 Å². The molecule has 5 nitrogen and oxygen atoms in total. The number of pyridine rings is 1. The van der Waals surface area contributed by atoms with Gasteiger partial charge in [-0.15, -0.1) is 0 Å². The highest BCUT2D eigenvalue weighted by Gasteiger charge is 2.17. The molecular formula is C17H14ClF3N4O. The van der Waals surface area contributed by atoms with Crippen LogP contribution in [0.2, 0.25) is 0 Å². The predicted molar refractivity (Wildman–Crippen MR) is 94.8 cm³/mol. The van der Waals surface area contributed by atoms with E-state index in [2.05, 4.69) is 10.3 Å². The lowest BCUT2D eigenvalue weighted by Crippen LogP contribution is -2.12. The fraction of sp³-hybridized carbons (Fsp3) is 0.118. The topological polar surface area (TPSA) is 91.9 Å². The number of nitrogens with zero attached hydrogens (tertiary/aromatic N) is 1. The second-order valence-electron chi connectivity index (χ2n) is 5.38. The zero-order valence-corrected chi connectivity index (χ0v) is 14.5. The molecule has 0 saturated heterocycles. The molecule has 2 rings (SSSR count). The lowest BCUT2D eigenvalue weighted by molar-refractivity contribution is -0.111. The third-order valence-corrected chi connectivity index (χ3v) is 3.85. The molecule has 0 spiro atoms. The van der Waals surface area contributed by atoms with Gasteiger partial charge in [-0.1, -0.05) is 11.6 Å². The number of carbonyl (C=O) groups excluding carboxylic acids is 1. The Balaban J connectivity index is 2.31. The van der Waals surface area contributed by atoms with Crippen molar-refractivity contribution in [1.29, 1.82) is 5.41 Å². The van der Waals surface area contributed by atoms with Gasteiger partial charge >= 0.3 is 0 Å². The summed E-state index contributed by atoms with van der Waals surface area (Å²) in [5.74, 6) is -3.52. The molecule has 1 aromatic heterocycles. The lowest BCUT2D eigenvalue weighted by Gasteiger charge is -2.10. The number of nitrogens with two attached hydrogens (primary N) is 1. The van der Waals surface area contributed by atoms with Crippen molar-refractivity contribution < 1.29 is 18.0 Å². The average Bonchev–Trinajstić information content (AvgIpc) is 2.58. The molecule has 0 saturated carbocycles. The van der Waals surface area contributed by atoms with Crippen molar-refractivity contribution in [2.45, 2.75) is 13.8 Å². The first kappa shape index (κ1) is 19.5. The van der Waals surface area contributed by atoms with E-state index >= 15 is 0 Å². The molecule has 9 heteroatoms. The smallest absolute Gasteiger partial charge is 0.248 e. The van der Waals surface area contributed by atoms with Crippen LogP contribution in [0.25, 0.3) is 6.08 Å². The Kier molecular flexibility index (Phi) is 5.66. The van der Waals surface area contributed by atoms with E-state index < -0.39 is 39.8 Å². The van der Waals surface area contributed by atoms with Crippen LogP contribution in [-0.4, -0.2) is 16.1 Å². The molecule has 2 aromatic rings. The van der Waals surface area contributed by atoms with Gasteiger partial charge in [0.15, 0.2) is 5.82 Å². The first-order chi connectivity index (χ1) is 12.1.